The molecule has 2 heterocycles. The predicted molar refractivity (Wildman–Crippen MR) is 81.3 cm³/mol. The third-order valence-corrected chi connectivity index (χ3v) is 4.66. The predicted octanol–water partition coefficient (Wildman–Crippen LogP) is 3.17. The summed E-state index contributed by atoms with van der Waals surface area (Å²) in [4.78, 5) is 17.3. The minimum absolute atomic E-state index is 0.122. The van der Waals surface area contributed by atoms with Gasteiger partial charge in [-0.15, -0.1) is 0 Å². The molecule has 0 saturated carbocycles. The average molecular weight is 292 g/mol. The van der Waals surface area contributed by atoms with Crippen molar-refractivity contribution in [2.75, 3.05) is 17.2 Å². The molecule has 1 atom stereocenters. The van der Waals surface area contributed by atoms with Gasteiger partial charge in [0.05, 0.1) is 15.1 Å². The number of nitrogens with zero attached hydrogens (tertiary/aromatic N) is 3. The van der Waals surface area contributed by atoms with Crippen LogP contribution in [0.15, 0.2) is 12.1 Å². The summed E-state index contributed by atoms with van der Waals surface area (Å²) in [7, 11) is 0. The molecule has 1 aromatic heterocycles. The second kappa shape index (κ2) is 4.90. The van der Waals surface area contributed by atoms with Gasteiger partial charge in [-0.05, 0) is 32.3 Å². The molecule has 1 saturated heterocycles. The molecule has 3 rings (SSSR count). The van der Waals surface area contributed by atoms with E-state index in [1.165, 1.54) is 17.8 Å². The molecular weight excluding hydrogens is 276 g/mol. The number of nitro groups is 1. The van der Waals surface area contributed by atoms with Crippen molar-refractivity contribution in [1.29, 1.82) is 0 Å². The number of aromatic nitrogens is 1. The number of nitro benzene ring substituents is 1. The van der Waals surface area contributed by atoms with Crippen molar-refractivity contribution in [3.05, 3.63) is 22.2 Å². The number of nitrogen functional groups attached to an aromatic ring is 1. The lowest BCUT2D eigenvalue weighted by atomic mass is 10.0. The lowest BCUT2D eigenvalue weighted by Gasteiger charge is -2.34. The van der Waals surface area contributed by atoms with Crippen LogP contribution in [-0.2, 0) is 0 Å². The zero-order valence-corrected chi connectivity index (χ0v) is 12.0. The Labute approximate surface area is 120 Å². The highest BCUT2D eigenvalue weighted by molar-refractivity contribution is 7.22. The van der Waals surface area contributed by atoms with E-state index in [2.05, 4.69) is 16.8 Å². The molecule has 0 amide bonds. The zero-order valence-electron chi connectivity index (χ0n) is 11.2. The number of nitrogens with two attached hydrogens (primary N) is 1. The zero-order chi connectivity index (χ0) is 14.3. The maximum absolute atomic E-state index is 11.3. The first-order valence-electron chi connectivity index (χ1n) is 6.67. The van der Waals surface area contributed by atoms with Gasteiger partial charge in [0.15, 0.2) is 5.13 Å². The maximum atomic E-state index is 11.3. The van der Waals surface area contributed by atoms with Gasteiger partial charge in [0.2, 0.25) is 0 Å². The van der Waals surface area contributed by atoms with E-state index in [9.17, 15) is 10.1 Å². The van der Waals surface area contributed by atoms with Crippen molar-refractivity contribution in [1.82, 2.24) is 4.98 Å². The number of piperidine rings is 1. The molecule has 0 bridgehead atoms. The highest BCUT2D eigenvalue weighted by Gasteiger charge is 2.26. The smallest absolute Gasteiger partial charge is 0.294 e. The van der Waals surface area contributed by atoms with Crippen molar-refractivity contribution in [2.24, 2.45) is 0 Å². The highest BCUT2D eigenvalue weighted by Crippen LogP contribution is 2.38. The van der Waals surface area contributed by atoms with Gasteiger partial charge in [-0.1, -0.05) is 11.3 Å². The lowest BCUT2D eigenvalue weighted by molar-refractivity contribution is -0.384. The van der Waals surface area contributed by atoms with Crippen molar-refractivity contribution >= 4 is 38.1 Å². The number of anilines is 2. The quantitative estimate of drug-likeness (QED) is 0.678. The van der Waals surface area contributed by atoms with Crippen molar-refractivity contribution < 1.29 is 4.92 Å². The molecule has 1 aromatic carbocycles. The van der Waals surface area contributed by atoms with Crippen molar-refractivity contribution in [3.8, 4) is 0 Å². The summed E-state index contributed by atoms with van der Waals surface area (Å²) in [6.07, 6.45) is 3.32. The Morgan fingerprint density at radius 3 is 3.00 bits per heavy atom. The largest absolute Gasteiger partial charge is 0.375 e. The molecule has 0 radical (unpaired) electrons. The molecule has 1 aliphatic rings. The Kier molecular flexibility index (Phi) is 3.21. The summed E-state index contributed by atoms with van der Waals surface area (Å²) in [5.41, 5.74) is 7.12. The van der Waals surface area contributed by atoms with Crippen LogP contribution in [0.5, 0.6) is 0 Å². The Bertz CT molecular complexity index is 670. The molecule has 106 valence electrons. The minimum atomic E-state index is -0.328. The summed E-state index contributed by atoms with van der Waals surface area (Å²) in [5, 5.41) is 11.8. The van der Waals surface area contributed by atoms with E-state index < -0.39 is 0 Å². The molecule has 1 aliphatic heterocycles. The summed E-state index contributed by atoms with van der Waals surface area (Å²) in [6.45, 7) is 2.98. The van der Waals surface area contributed by atoms with Gasteiger partial charge in [0.1, 0.15) is 5.69 Å². The number of fused-ring (bicyclic) bond motifs is 1. The number of hydrogen-bond acceptors (Lipinski definition) is 6. The second-order valence-corrected chi connectivity index (χ2v) is 6.22. The van der Waals surface area contributed by atoms with Crippen LogP contribution in [0.3, 0.4) is 0 Å². The third-order valence-electron chi connectivity index (χ3n) is 3.81. The summed E-state index contributed by atoms with van der Waals surface area (Å²) in [6, 6.07) is 3.73. The fraction of sp³-hybridized carbons (Fsp3) is 0.462. The topological polar surface area (TPSA) is 85.3 Å². The first-order valence-corrected chi connectivity index (χ1v) is 7.49. The summed E-state index contributed by atoms with van der Waals surface area (Å²) in [5.74, 6) is 0. The SMILES string of the molecule is C[C@H]1CCCCN1c1cc2sc(N)nc2cc1[N+](=O)[O-]. The number of hydrogen-bond donors (Lipinski definition) is 1. The van der Waals surface area contributed by atoms with Crippen LogP contribution in [0.25, 0.3) is 10.2 Å². The first kappa shape index (κ1) is 13.1. The molecular formula is C13H16N4O2S. The third kappa shape index (κ3) is 2.18. The first-order chi connectivity index (χ1) is 9.56. The van der Waals surface area contributed by atoms with Crippen molar-refractivity contribution in [3.63, 3.8) is 0 Å². The fourth-order valence-corrected chi connectivity index (χ4v) is 3.55. The van der Waals surface area contributed by atoms with Gasteiger partial charge < -0.3 is 10.6 Å². The van der Waals surface area contributed by atoms with E-state index in [0.29, 0.717) is 22.4 Å². The van der Waals surface area contributed by atoms with E-state index >= 15 is 0 Å². The standard InChI is InChI=1S/C13H16N4O2S/c1-8-4-2-3-5-16(8)10-7-12-9(15-13(14)20-12)6-11(10)17(18)19/h6-8H,2-5H2,1H3,(H2,14,15)/t8-/m0/s1. The second-order valence-electron chi connectivity index (χ2n) is 5.16. The molecule has 0 spiro atoms. The van der Waals surface area contributed by atoms with Crippen LogP contribution in [0, 0.1) is 10.1 Å². The number of thiazole rings is 1. The Morgan fingerprint density at radius 2 is 2.30 bits per heavy atom. The molecule has 20 heavy (non-hydrogen) atoms. The highest BCUT2D eigenvalue weighted by atomic mass is 32.1. The van der Waals surface area contributed by atoms with Crippen LogP contribution < -0.4 is 10.6 Å². The van der Waals surface area contributed by atoms with Crippen LogP contribution in [0.4, 0.5) is 16.5 Å². The molecule has 2 aromatic rings. The summed E-state index contributed by atoms with van der Waals surface area (Å²) >= 11 is 1.37. The van der Waals surface area contributed by atoms with E-state index in [0.717, 1.165) is 24.1 Å². The van der Waals surface area contributed by atoms with Crippen LogP contribution >= 0.6 is 11.3 Å². The molecule has 0 aliphatic carbocycles. The number of rotatable bonds is 2. The number of benzene rings is 1. The molecule has 2 N–H and O–H groups in total. The van der Waals surface area contributed by atoms with Crippen LogP contribution in [0.2, 0.25) is 0 Å². The van der Waals surface area contributed by atoms with E-state index in [4.69, 9.17) is 5.73 Å². The van der Waals surface area contributed by atoms with Crippen LogP contribution in [0.1, 0.15) is 26.2 Å². The van der Waals surface area contributed by atoms with Gasteiger partial charge in [0.25, 0.3) is 5.69 Å². The van der Waals surface area contributed by atoms with Gasteiger partial charge in [-0.25, -0.2) is 4.98 Å². The average Bonchev–Trinajstić information content (AvgIpc) is 2.77. The Hall–Kier alpha value is -1.89. The molecule has 7 heteroatoms. The van der Waals surface area contributed by atoms with Gasteiger partial charge >= 0.3 is 0 Å². The normalized spacial score (nSPS) is 19.4. The van der Waals surface area contributed by atoms with Gasteiger partial charge in [-0.3, -0.25) is 10.1 Å². The van der Waals surface area contributed by atoms with E-state index in [1.54, 1.807) is 6.07 Å². The van der Waals surface area contributed by atoms with Crippen LogP contribution in [-0.4, -0.2) is 22.5 Å². The molecule has 1 fully saturated rings. The fourth-order valence-electron chi connectivity index (χ4n) is 2.80. The Balaban J connectivity index is 2.15. The monoisotopic (exact) mass is 292 g/mol. The van der Waals surface area contributed by atoms with Crippen molar-refractivity contribution in [2.45, 2.75) is 32.2 Å². The Morgan fingerprint density at radius 1 is 1.50 bits per heavy atom. The maximum Gasteiger partial charge on any atom is 0.294 e. The molecule has 6 nitrogen and oxygen atoms in total. The van der Waals surface area contributed by atoms with E-state index in [-0.39, 0.29) is 10.6 Å². The van der Waals surface area contributed by atoms with E-state index in [1.807, 2.05) is 6.07 Å². The van der Waals surface area contributed by atoms with Gasteiger partial charge in [-0.2, -0.15) is 0 Å². The molecule has 0 unspecified atom stereocenters. The minimum Gasteiger partial charge on any atom is -0.375 e. The van der Waals surface area contributed by atoms with Gasteiger partial charge in [0, 0.05) is 18.7 Å². The lowest BCUT2D eigenvalue weighted by Crippen LogP contribution is -2.37. The summed E-state index contributed by atoms with van der Waals surface area (Å²) < 4.78 is 0.904.